The standard InChI is InChI=1S/C15H26N2/c1-5-13(4)16-10-11-17-15-12(3)8-7-9-14(15)6-2/h7-9,13,16-17H,5-6,10-11H2,1-4H3. The highest BCUT2D eigenvalue weighted by molar-refractivity contribution is 5.57. The lowest BCUT2D eigenvalue weighted by molar-refractivity contribution is 0.546. The number of aryl methyl sites for hydroxylation is 2. The number of anilines is 1. The summed E-state index contributed by atoms with van der Waals surface area (Å²) in [5.41, 5.74) is 4.07. The highest BCUT2D eigenvalue weighted by atomic mass is 15.0. The molecular weight excluding hydrogens is 208 g/mol. The second-order valence-corrected chi connectivity index (χ2v) is 4.65. The fraction of sp³-hybridized carbons (Fsp3) is 0.600. The first kappa shape index (κ1) is 14.0. The van der Waals surface area contributed by atoms with Crippen molar-refractivity contribution in [3.8, 4) is 0 Å². The first-order valence-corrected chi connectivity index (χ1v) is 6.74. The topological polar surface area (TPSA) is 24.1 Å². The molecule has 0 spiro atoms. The van der Waals surface area contributed by atoms with Crippen LogP contribution in [0.15, 0.2) is 18.2 Å². The summed E-state index contributed by atoms with van der Waals surface area (Å²) in [5, 5.41) is 7.05. The van der Waals surface area contributed by atoms with Gasteiger partial charge in [-0.25, -0.2) is 0 Å². The third-order valence-corrected chi connectivity index (χ3v) is 3.27. The fourth-order valence-corrected chi connectivity index (χ4v) is 1.93. The molecule has 2 heteroatoms. The molecule has 1 rings (SSSR count). The molecule has 1 aromatic carbocycles. The maximum absolute atomic E-state index is 3.55. The molecule has 1 aromatic rings. The average molecular weight is 234 g/mol. The Morgan fingerprint density at radius 1 is 1.18 bits per heavy atom. The van der Waals surface area contributed by atoms with Crippen LogP contribution in [0.4, 0.5) is 5.69 Å². The molecule has 0 saturated heterocycles. The van der Waals surface area contributed by atoms with Crippen LogP contribution in [-0.4, -0.2) is 19.1 Å². The molecular formula is C15H26N2. The van der Waals surface area contributed by atoms with E-state index in [4.69, 9.17) is 0 Å². The minimum absolute atomic E-state index is 0.610. The predicted octanol–water partition coefficient (Wildman–Crippen LogP) is 3.36. The zero-order chi connectivity index (χ0) is 12.7. The normalized spacial score (nSPS) is 12.5. The Kier molecular flexibility index (Phi) is 6.06. The van der Waals surface area contributed by atoms with Crippen LogP contribution in [-0.2, 0) is 6.42 Å². The van der Waals surface area contributed by atoms with E-state index in [0.29, 0.717) is 6.04 Å². The second kappa shape index (κ2) is 7.33. The van der Waals surface area contributed by atoms with Crippen LogP contribution < -0.4 is 10.6 Å². The summed E-state index contributed by atoms with van der Waals surface area (Å²) in [6.07, 6.45) is 2.27. The lowest BCUT2D eigenvalue weighted by Crippen LogP contribution is -2.30. The van der Waals surface area contributed by atoms with Crippen LogP contribution >= 0.6 is 0 Å². The van der Waals surface area contributed by atoms with E-state index in [0.717, 1.165) is 19.5 Å². The molecule has 17 heavy (non-hydrogen) atoms. The molecule has 2 nitrogen and oxygen atoms in total. The molecule has 0 fully saturated rings. The van der Waals surface area contributed by atoms with Gasteiger partial charge in [0.1, 0.15) is 0 Å². The summed E-state index contributed by atoms with van der Waals surface area (Å²) < 4.78 is 0. The largest absolute Gasteiger partial charge is 0.383 e. The third kappa shape index (κ3) is 4.39. The molecule has 0 aliphatic carbocycles. The Hall–Kier alpha value is -1.02. The molecule has 96 valence electrons. The highest BCUT2D eigenvalue weighted by Gasteiger charge is 2.03. The van der Waals surface area contributed by atoms with Crippen LogP contribution in [0.3, 0.4) is 0 Å². The summed E-state index contributed by atoms with van der Waals surface area (Å²) >= 11 is 0. The van der Waals surface area contributed by atoms with Gasteiger partial charge in [0, 0.05) is 24.8 Å². The van der Waals surface area contributed by atoms with Gasteiger partial charge in [-0.3, -0.25) is 0 Å². The lowest BCUT2D eigenvalue weighted by Gasteiger charge is -2.16. The number of rotatable bonds is 7. The van der Waals surface area contributed by atoms with E-state index in [2.05, 4.69) is 56.5 Å². The maximum atomic E-state index is 3.55. The first-order valence-electron chi connectivity index (χ1n) is 6.74. The van der Waals surface area contributed by atoms with E-state index in [1.165, 1.54) is 23.2 Å². The molecule has 2 N–H and O–H groups in total. The predicted molar refractivity (Wildman–Crippen MR) is 76.8 cm³/mol. The Labute approximate surface area is 106 Å². The molecule has 1 atom stereocenters. The Bertz CT molecular complexity index is 334. The molecule has 0 radical (unpaired) electrons. The number of benzene rings is 1. The van der Waals surface area contributed by atoms with Crippen molar-refractivity contribution in [1.29, 1.82) is 0 Å². The van der Waals surface area contributed by atoms with Gasteiger partial charge in [-0.15, -0.1) is 0 Å². The highest BCUT2D eigenvalue weighted by Crippen LogP contribution is 2.20. The lowest BCUT2D eigenvalue weighted by atomic mass is 10.1. The molecule has 0 heterocycles. The van der Waals surface area contributed by atoms with Crippen LogP contribution in [0.1, 0.15) is 38.3 Å². The summed E-state index contributed by atoms with van der Waals surface area (Å²) in [4.78, 5) is 0. The van der Waals surface area contributed by atoms with Gasteiger partial charge in [-0.2, -0.15) is 0 Å². The number of hydrogen-bond donors (Lipinski definition) is 2. The van der Waals surface area contributed by atoms with E-state index < -0.39 is 0 Å². The van der Waals surface area contributed by atoms with Gasteiger partial charge in [0.15, 0.2) is 0 Å². The quantitative estimate of drug-likeness (QED) is 0.707. The molecule has 0 saturated carbocycles. The smallest absolute Gasteiger partial charge is 0.0402 e. The SMILES string of the molecule is CCc1cccc(C)c1NCCNC(C)CC. The van der Waals surface area contributed by atoms with Crippen molar-refractivity contribution in [2.24, 2.45) is 0 Å². The Morgan fingerprint density at radius 3 is 2.59 bits per heavy atom. The number of para-hydroxylation sites is 1. The van der Waals surface area contributed by atoms with Crippen molar-refractivity contribution in [3.63, 3.8) is 0 Å². The number of nitrogens with one attached hydrogen (secondary N) is 2. The van der Waals surface area contributed by atoms with Crippen molar-refractivity contribution in [2.75, 3.05) is 18.4 Å². The summed E-state index contributed by atoms with van der Waals surface area (Å²) in [7, 11) is 0. The fourth-order valence-electron chi connectivity index (χ4n) is 1.93. The van der Waals surface area contributed by atoms with Gasteiger partial charge in [-0.1, -0.05) is 32.0 Å². The van der Waals surface area contributed by atoms with Crippen molar-refractivity contribution >= 4 is 5.69 Å². The van der Waals surface area contributed by atoms with Crippen LogP contribution in [0.2, 0.25) is 0 Å². The zero-order valence-corrected chi connectivity index (χ0v) is 11.6. The minimum Gasteiger partial charge on any atom is -0.383 e. The van der Waals surface area contributed by atoms with Crippen LogP contribution in [0, 0.1) is 6.92 Å². The summed E-state index contributed by atoms with van der Waals surface area (Å²) in [6, 6.07) is 7.12. The first-order chi connectivity index (χ1) is 8.19. The van der Waals surface area contributed by atoms with Gasteiger partial charge in [0.25, 0.3) is 0 Å². The monoisotopic (exact) mass is 234 g/mol. The summed E-state index contributed by atoms with van der Waals surface area (Å²) in [5.74, 6) is 0. The van der Waals surface area contributed by atoms with E-state index in [1.807, 2.05) is 0 Å². The average Bonchev–Trinajstić information content (AvgIpc) is 2.35. The maximum Gasteiger partial charge on any atom is 0.0402 e. The van der Waals surface area contributed by atoms with E-state index in [-0.39, 0.29) is 0 Å². The van der Waals surface area contributed by atoms with Gasteiger partial charge < -0.3 is 10.6 Å². The van der Waals surface area contributed by atoms with E-state index >= 15 is 0 Å². The van der Waals surface area contributed by atoms with Crippen molar-refractivity contribution in [2.45, 2.75) is 46.6 Å². The van der Waals surface area contributed by atoms with Crippen molar-refractivity contribution in [1.82, 2.24) is 5.32 Å². The third-order valence-electron chi connectivity index (χ3n) is 3.27. The summed E-state index contributed by atoms with van der Waals surface area (Å²) in [6.45, 7) is 10.8. The van der Waals surface area contributed by atoms with E-state index in [9.17, 15) is 0 Å². The second-order valence-electron chi connectivity index (χ2n) is 4.65. The molecule has 0 bridgehead atoms. The van der Waals surface area contributed by atoms with Crippen LogP contribution in [0.25, 0.3) is 0 Å². The van der Waals surface area contributed by atoms with Crippen molar-refractivity contribution < 1.29 is 0 Å². The van der Waals surface area contributed by atoms with Gasteiger partial charge in [0.05, 0.1) is 0 Å². The zero-order valence-electron chi connectivity index (χ0n) is 11.6. The van der Waals surface area contributed by atoms with Gasteiger partial charge >= 0.3 is 0 Å². The molecule has 1 unspecified atom stereocenters. The Balaban J connectivity index is 2.46. The minimum atomic E-state index is 0.610. The van der Waals surface area contributed by atoms with Crippen LogP contribution in [0.5, 0.6) is 0 Å². The van der Waals surface area contributed by atoms with Gasteiger partial charge in [-0.05, 0) is 37.8 Å². The molecule has 0 aliphatic rings. The Morgan fingerprint density at radius 2 is 1.94 bits per heavy atom. The number of hydrogen-bond acceptors (Lipinski definition) is 2. The van der Waals surface area contributed by atoms with Gasteiger partial charge in [0.2, 0.25) is 0 Å². The van der Waals surface area contributed by atoms with Crippen molar-refractivity contribution in [3.05, 3.63) is 29.3 Å². The molecule has 0 amide bonds. The molecule has 0 aliphatic heterocycles. The molecule has 0 aromatic heterocycles. The van der Waals surface area contributed by atoms with E-state index in [1.54, 1.807) is 0 Å².